The van der Waals surface area contributed by atoms with E-state index in [1.165, 1.54) is 33.5 Å². The zero-order valence-electron chi connectivity index (χ0n) is 14.3. The molecule has 0 radical (unpaired) electrons. The lowest BCUT2D eigenvalue weighted by Crippen LogP contribution is -2.35. The van der Waals surface area contributed by atoms with Crippen molar-refractivity contribution in [1.82, 2.24) is 4.90 Å². The van der Waals surface area contributed by atoms with Crippen LogP contribution >= 0.6 is 0 Å². The highest BCUT2D eigenvalue weighted by Crippen LogP contribution is 2.23. The lowest BCUT2D eigenvalue weighted by molar-refractivity contribution is 0.0342. The molecule has 124 valence electrons. The third-order valence-electron chi connectivity index (χ3n) is 5.09. The van der Waals surface area contributed by atoms with Gasteiger partial charge in [-0.2, -0.15) is 0 Å². The minimum absolute atomic E-state index is 0.807. The summed E-state index contributed by atoms with van der Waals surface area (Å²) in [7, 11) is 0. The smallest absolute Gasteiger partial charge is 0.0646 e. The Balaban J connectivity index is 1.47. The van der Waals surface area contributed by atoms with Crippen LogP contribution in [0.15, 0.2) is 47.5 Å². The zero-order valence-corrected chi connectivity index (χ0v) is 14.3. The maximum atomic E-state index is 5.42. The number of hydrogen-bond donors (Lipinski definition) is 0. The SMILES string of the molecule is Cc1cccc2c1CC(c1ccc(CN3CCOCC3)cc1)=NC2. The number of nitrogens with zero attached hydrogens (tertiary/aromatic N) is 2. The normalized spacial score (nSPS) is 18.1. The maximum Gasteiger partial charge on any atom is 0.0646 e. The molecule has 2 aliphatic heterocycles. The van der Waals surface area contributed by atoms with Crippen LogP contribution in [0.1, 0.15) is 27.8 Å². The Bertz CT molecular complexity index is 743. The molecule has 0 atom stereocenters. The van der Waals surface area contributed by atoms with Gasteiger partial charge in [0.25, 0.3) is 0 Å². The first-order chi connectivity index (χ1) is 11.8. The highest BCUT2D eigenvalue weighted by molar-refractivity contribution is 6.02. The van der Waals surface area contributed by atoms with Crippen molar-refractivity contribution in [3.05, 3.63) is 70.3 Å². The van der Waals surface area contributed by atoms with Gasteiger partial charge in [-0.15, -0.1) is 0 Å². The highest BCUT2D eigenvalue weighted by Gasteiger charge is 2.16. The molecule has 3 heteroatoms. The molecule has 0 bridgehead atoms. The molecule has 2 aliphatic rings. The number of benzene rings is 2. The van der Waals surface area contributed by atoms with Gasteiger partial charge in [-0.25, -0.2) is 0 Å². The van der Waals surface area contributed by atoms with Crippen LogP contribution < -0.4 is 0 Å². The summed E-state index contributed by atoms with van der Waals surface area (Å²) in [6.45, 7) is 7.80. The fourth-order valence-corrected chi connectivity index (χ4v) is 3.58. The second kappa shape index (κ2) is 6.88. The molecule has 0 saturated carbocycles. The third kappa shape index (κ3) is 3.28. The van der Waals surface area contributed by atoms with Gasteiger partial charge in [0.1, 0.15) is 0 Å². The van der Waals surface area contributed by atoms with Gasteiger partial charge < -0.3 is 4.74 Å². The van der Waals surface area contributed by atoms with Gasteiger partial charge in [0, 0.05) is 31.8 Å². The number of aryl methyl sites for hydroxylation is 1. The van der Waals surface area contributed by atoms with Gasteiger partial charge in [-0.05, 0) is 34.7 Å². The first-order valence-electron chi connectivity index (χ1n) is 8.80. The Morgan fingerprint density at radius 3 is 2.62 bits per heavy atom. The van der Waals surface area contributed by atoms with E-state index in [0.29, 0.717) is 0 Å². The summed E-state index contributed by atoms with van der Waals surface area (Å²) < 4.78 is 5.42. The van der Waals surface area contributed by atoms with Gasteiger partial charge >= 0.3 is 0 Å². The third-order valence-corrected chi connectivity index (χ3v) is 5.09. The molecular weight excluding hydrogens is 296 g/mol. The number of rotatable bonds is 3. The average Bonchev–Trinajstić information content (AvgIpc) is 2.63. The summed E-state index contributed by atoms with van der Waals surface area (Å²) in [5, 5.41) is 0. The van der Waals surface area contributed by atoms with Gasteiger partial charge in [0.15, 0.2) is 0 Å². The molecule has 0 unspecified atom stereocenters. The van der Waals surface area contributed by atoms with E-state index in [9.17, 15) is 0 Å². The monoisotopic (exact) mass is 320 g/mol. The Hall–Kier alpha value is -1.97. The van der Waals surface area contributed by atoms with Gasteiger partial charge in [0.05, 0.1) is 19.8 Å². The van der Waals surface area contributed by atoms with Crippen LogP contribution in [0.25, 0.3) is 0 Å². The largest absolute Gasteiger partial charge is 0.379 e. The molecule has 0 N–H and O–H groups in total. The van der Waals surface area contributed by atoms with E-state index >= 15 is 0 Å². The van der Waals surface area contributed by atoms with Crippen molar-refractivity contribution in [2.24, 2.45) is 4.99 Å². The second-order valence-corrected chi connectivity index (χ2v) is 6.74. The van der Waals surface area contributed by atoms with E-state index in [2.05, 4.69) is 54.3 Å². The second-order valence-electron chi connectivity index (χ2n) is 6.74. The molecule has 2 heterocycles. The molecule has 1 saturated heterocycles. The Kier molecular flexibility index (Phi) is 4.46. The minimum atomic E-state index is 0.807. The van der Waals surface area contributed by atoms with Crippen LogP contribution in [0.5, 0.6) is 0 Å². The van der Waals surface area contributed by atoms with E-state index < -0.39 is 0 Å². The van der Waals surface area contributed by atoms with Crippen LogP contribution in [-0.2, 0) is 24.2 Å². The Morgan fingerprint density at radius 2 is 1.83 bits per heavy atom. The van der Waals surface area contributed by atoms with Gasteiger partial charge in [-0.1, -0.05) is 42.5 Å². The van der Waals surface area contributed by atoms with Crippen LogP contribution in [0, 0.1) is 6.92 Å². The standard InChI is InChI=1S/C21H24N2O/c1-16-3-2-4-19-14-22-21(13-20(16)19)18-7-5-17(6-8-18)15-23-9-11-24-12-10-23/h2-8H,9-15H2,1H3. The van der Waals surface area contributed by atoms with Crippen molar-refractivity contribution in [2.45, 2.75) is 26.4 Å². The maximum absolute atomic E-state index is 5.42. The van der Waals surface area contributed by atoms with E-state index in [-0.39, 0.29) is 0 Å². The molecule has 0 spiro atoms. The zero-order chi connectivity index (χ0) is 16.4. The molecule has 4 rings (SSSR count). The predicted octanol–water partition coefficient (Wildman–Crippen LogP) is 3.37. The number of hydrogen-bond acceptors (Lipinski definition) is 3. The van der Waals surface area contributed by atoms with Crippen LogP contribution in [-0.4, -0.2) is 36.9 Å². The van der Waals surface area contributed by atoms with E-state index in [0.717, 1.165) is 45.8 Å². The predicted molar refractivity (Wildman–Crippen MR) is 97.7 cm³/mol. The quantitative estimate of drug-likeness (QED) is 0.866. The topological polar surface area (TPSA) is 24.8 Å². The lowest BCUT2D eigenvalue weighted by Gasteiger charge is -2.26. The Labute approximate surface area is 144 Å². The van der Waals surface area contributed by atoms with E-state index in [1.807, 2.05) is 0 Å². The molecule has 3 nitrogen and oxygen atoms in total. The van der Waals surface area contributed by atoms with Gasteiger partial charge in [0.2, 0.25) is 0 Å². The van der Waals surface area contributed by atoms with Crippen molar-refractivity contribution >= 4 is 5.71 Å². The summed E-state index contributed by atoms with van der Waals surface area (Å²) in [6, 6.07) is 15.5. The van der Waals surface area contributed by atoms with Crippen LogP contribution in [0.3, 0.4) is 0 Å². The molecule has 2 aromatic rings. The van der Waals surface area contributed by atoms with Crippen LogP contribution in [0.4, 0.5) is 0 Å². The fourth-order valence-electron chi connectivity index (χ4n) is 3.58. The van der Waals surface area contributed by atoms with Crippen molar-refractivity contribution in [3.63, 3.8) is 0 Å². The summed E-state index contributed by atoms with van der Waals surface area (Å²) in [4.78, 5) is 7.27. The number of morpholine rings is 1. The molecule has 0 aromatic heterocycles. The lowest BCUT2D eigenvalue weighted by atomic mass is 9.91. The van der Waals surface area contributed by atoms with Crippen molar-refractivity contribution < 1.29 is 4.74 Å². The molecular formula is C21H24N2O. The Morgan fingerprint density at radius 1 is 1.04 bits per heavy atom. The first-order valence-corrected chi connectivity index (χ1v) is 8.80. The van der Waals surface area contributed by atoms with Crippen LogP contribution in [0.2, 0.25) is 0 Å². The molecule has 24 heavy (non-hydrogen) atoms. The van der Waals surface area contributed by atoms with Crippen molar-refractivity contribution in [3.8, 4) is 0 Å². The molecule has 0 amide bonds. The van der Waals surface area contributed by atoms with E-state index in [4.69, 9.17) is 9.73 Å². The summed E-state index contributed by atoms with van der Waals surface area (Å²) in [5.74, 6) is 0. The highest BCUT2D eigenvalue weighted by atomic mass is 16.5. The summed E-state index contributed by atoms with van der Waals surface area (Å²) >= 11 is 0. The van der Waals surface area contributed by atoms with Crippen molar-refractivity contribution in [1.29, 1.82) is 0 Å². The fraction of sp³-hybridized carbons (Fsp3) is 0.381. The summed E-state index contributed by atoms with van der Waals surface area (Å²) in [5.41, 5.74) is 8.06. The molecule has 0 aliphatic carbocycles. The first kappa shape index (κ1) is 15.6. The van der Waals surface area contributed by atoms with Crippen molar-refractivity contribution in [2.75, 3.05) is 26.3 Å². The molecule has 2 aromatic carbocycles. The number of fused-ring (bicyclic) bond motifs is 1. The van der Waals surface area contributed by atoms with Gasteiger partial charge in [-0.3, -0.25) is 9.89 Å². The number of ether oxygens (including phenoxy) is 1. The average molecular weight is 320 g/mol. The molecule has 1 fully saturated rings. The minimum Gasteiger partial charge on any atom is -0.379 e. The number of aliphatic imine (C=N–C) groups is 1. The van der Waals surface area contributed by atoms with E-state index in [1.54, 1.807) is 0 Å². The summed E-state index contributed by atoms with van der Waals surface area (Å²) in [6.07, 6.45) is 0.949.